The number of aliphatic hydroxyl groups is 1. The van der Waals surface area contributed by atoms with Gasteiger partial charge in [0.1, 0.15) is 12.6 Å². The summed E-state index contributed by atoms with van der Waals surface area (Å²) in [6.45, 7) is 1.18. The van der Waals surface area contributed by atoms with Crippen molar-refractivity contribution in [3.05, 3.63) is 83.9 Å². The van der Waals surface area contributed by atoms with E-state index in [0.717, 1.165) is 36.8 Å². The average molecular weight is 550 g/mol. The van der Waals surface area contributed by atoms with Crippen LogP contribution in [0, 0.1) is 5.92 Å². The molecule has 0 saturated carbocycles. The maximum Gasteiger partial charge on any atom is 0.417 e. The number of ether oxygens (including phenoxy) is 2. The molecule has 0 radical (unpaired) electrons. The summed E-state index contributed by atoms with van der Waals surface area (Å²) < 4.78 is 10.6. The lowest BCUT2D eigenvalue weighted by Crippen LogP contribution is -2.47. The van der Waals surface area contributed by atoms with Gasteiger partial charge in [0.25, 0.3) is 0 Å². The van der Waals surface area contributed by atoms with Crippen LogP contribution in [0.1, 0.15) is 56.2 Å². The highest BCUT2D eigenvalue weighted by molar-refractivity contribution is 6.04. The SMILES string of the molecule is CC(=O)O[C@H](C(=O)C=CC(=O)CCCCCCO)[C@H](Cc1ccccc1)C(=O)N1C(=O)OC[C@@H]1c1ccccc1. The third-order valence-corrected chi connectivity index (χ3v) is 6.61. The monoisotopic (exact) mass is 549 g/mol. The average Bonchev–Trinajstić information content (AvgIpc) is 3.35. The van der Waals surface area contributed by atoms with Gasteiger partial charge in [-0.15, -0.1) is 0 Å². The quantitative estimate of drug-likeness (QED) is 0.200. The molecule has 2 amide bonds. The molecule has 1 saturated heterocycles. The van der Waals surface area contributed by atoms with E-state index in [1.165, 1.54) is 0 Å². The Kier molecular flexibility index (Phi) is 11.8. The van der Waals surface area contributed by atoms with Crippen LogP contribution in [0.4, 0.5) is 4.79 Å². The zero-order valence-corrected chi connectivity index (χ0v) is 22.6. The predicted molar refractivity (Wildman–Crippen MR) is 146 cm³/mol. The summed E-state index contributed by atoms with van der Waals surface area (Å²) in [5, 5.41) is 8.86. The zero-order valence-electron chi connectivity index (χ0n) is 22.6. The molecule has 9 nitrogen and oxygen atoms in total. The van der Waals surface area contributed by atoms with E-state index in [1.54, 1.807) is 54.6 Å². The van der Waals surface area contributed by atoms with Crippen LogP contribution in [0.3, 0.4) is 0 Å². The minimum atomic E-state index is -1.57. The molecule has 1 aliphatic heterocycles. The molecule has 1 fully saturated rings. The summed E-state index contributed by atoms with van der Waals surface area (Å²) in [4.78, 5) is 65.5. The lowest BCUT2D eigenvalue weighted by Gasteiger charge is -2.29. The number of carbonyl (C=O) groups is 5. The van der Waals surface area contributed by atoms with Crippen molar-refractivity contribution in [2.75, 3.05) is 13.2 Å². The van der Waals surface area contributed by atoms with Gasteiger partial charge in [-0.1, -0.05) is 73.5 Å². The third-order valence-electron chi connectivity index (χ3n) is 6.61. The topological polar surface area (TPSA) is 127 Å². The Labute approximate surface area is 233 Å². The molecule has 9 heteroatoms. The maximum absolute atomic E-state index is 14.0. The van der Waals surface area contributed by atoms with Crippen molar-refractivity contribution in [2.45, 2.75) is 57.6 Å². The first-order valence-corrected chi connectivity index (χ1v) is 13.4. The van der Waals surface area contributed by atoms with Crippen LogP contribution < -0.4 is 0 Å². The second-order valence-electron chi connectivity index (χ2n) is 9.63. The number of aliphatic hydroxyl groups excluding tert-OH is 1. The van der Waals surface area contributed by atoms with Gasteiger partial charge in [-0.2, -0.15) is 0 Å². The number of rotatable bonds is 15. The Hall–Kier alpha value is -4.11. The van der Waals surface area contributed by atoms with E-state index in [0.29, 0.717) is 24.0 Å². The van der Waals surface area contributed by atoms with Crippen LogP contribution in [-0.2, 0) is 35.1 Å². The molecule has 0 aliphatic carbocycles. The Morgan fingerprint density at radius 3 is 2.27 bits per heavy atom. The minimum absolute atomic E-state index is 0.00128. The van der Waals surface area contributed by atoms with Gasteiger partial charge in [0.2, 0.25) is 5.91 Å². The number of esters is 1. The molecule has 212 valence electrons. The second-order valence-corrected chi connectivity index (χ2v) is 9.63. The highest BCUT2D eigenvalue weighted by Crippen LogP contribution is 2.31. The Balaban J connectivity index is 1.88. The smallest absolute Gasteiger partial charge is 0.417 e. The molecule has 1 heterocycles. The van der Waals surface area contributed by atoms with E-state index >= 15 is 0 Å². The van der Waals surface area contributed by atoms with Crippen molar-refractivity contribution in [1.29, 1.82) is 0 Å². The zero-order chi connectivity index (χ0) is 28.9. The third kappa shape index (κ3) is 8.71. The summed E-state index contributed by atoms with van der Waals surface area (Å²) in [7, 11) is 0. The van der Waals surface area contributed by atoms with Gasteiger partial charge in [0.15, 0.2) is 17.7 Å². The van der Waals surface area contributed by atoms with E-state index in [1.807, 2.05) is 6.07 Å². The number of amides is 2. The first kappa shape index (κ1) is 30.4. The van der Waals surface area contributed by atoms with E-state index < -0.39 is 41.8 Å². The van der Waals surface area contributed by atoms with E-state index in [2.05, 4.69) is 0 Å². The van der Waals surface area contributed by atoms with E-state index in [4.69, 9.17) is 14.6 Å². The molecular formula is C31H35NO8. The maximum atomic E-state index is 14.0. The van der Waals surface area contributed by atoms with Crippen LogP contribution in [0.5, 0.6) is 0 Å². The number of cyclic esters (lactones) is 1. The molecule has 0 aromatic heterocycles. The highest BCUT2D eigenvalue weighted by Gasteiger charge is 2.46. The number of ketones is 2. The van der Waals surface area contributed by atoms with Crippen LogP contribution >= 0.6 is 0 Å². The van der Waals surface area contributed by atoms with Gasteiger partial charge < -0.3 is 14.6 Å². The lowest BCUT2D eigenvalue weighted by atomic mass is 9.89. The van der Waals surface area contributed by atoms with Crippen LogP contribution in [-0.4, -0.2) is 58.9 Å². The van der Waals surface area contributed by atoms with Gasteiger partial charge in [-0.25, -0.2) is 9.69 Å². The van der Waals surface area contributed by atoms with Gasteiger partial charge in [0.05, 0.1) is 5.92 Å². The Bertz CT molecular complexity index is 1190. The minimum Gasteiger partial charge on any atom is -0.453 e. The van der Waals surface area contributed by atoms with E-state index in [-0.39, 0.29) is 31.8 Å². The largest absolute Gasteiger partial charge is 0.453 e. The predicted octanol–water partition coefficient (Wildman–Crippen LogP) is 4.13. The molecule has 0 bridgehead atoms. The lowest BCUT2D eigenvalue weighted by molar-refractivity contribution is -0.158. The summed E-state index contributed by atoms with van der Waals surface area (Å²) in [6, 6.07) is 17.1. The summed E-state index contributed by atoms with van der Waals surface area (Å²) in [6.07, 6.45) is 2.81. The normalized spacial score (nSPS) is 16.4. The summed E-state index contributed by atoms with van der Waals surface area (Å²) in [5.41, 5.74) is 1.37. The molecule has 1 N–H and O–H groups in total. The van der Waals surface area contributed by atoms with Crippen LogP contribution in [0.15, 0.2) is 72.8 Å². The Morgan fingerprint density at radius 1 is 0.975 bits per heavy atom. The van der Waals surface area contributed by atoms with Crippen LogP contribution in [0.2, 0.25) is 0 Å². The van der Waals surface area contributed by atoms with Gasteiger partial charge >= 0.3 is 12.1 Å². The molecule has 0 spiro atoms. The van der Waals surface area contributed by atoms with Crippen molar-refractivity contribution in [3.63, 3.8) is 0 Å². The number of nitrogens with zero attached hydrogens (tertiary/aromatic N) is 1. The summed E-state index contributed by atoms with van der Waals surface area (Å²) in [5.74, 6) is -3.77. The standard InChI is InChI=1S/C31H35NO8/c1-22(34)40-29(28(36)18-17-25(35)16-10-2-3-11-19-33)26(20-23-12-6-4-7-13-23)30(37)32-27(21-39-31(32)38)24-14-8-5-9-15-24/h4-9,12-15,17-18,26-27,29,33H,2-3,10-11,16,19-21H2,1H3/t26-,27+,29-/m0/s1. The molecule has 3 atom stereocenters. The first-order valence-electron chi connectivity index (χ1n) is 13.4. The number of unbranched alkanes of at least 4 members (excludes halogenated alkanes) is 3. The summed E-state index contributed by atoms with van der Waals surface area (Å²) >= 11 is 0. The van der Waals surface area contributed by atoms with Crippen molar-refractivity contribution in [3.8, 4) is 0 Å². The van der Waals surface area contributed by atoms with Crippen molar-refractivity contribution < 1.29 is 38.6 Å². The van der Waals surface area contributed by atoms with Gasteiger partial charge in [-0.3, -0.25) is 19.2 Å². The fourth-order valence-corrected chi connectivity index (χ4v) is 4.59. The number of carbonyl (C=O) groups excluding carboxylic acids is 5. The number of allylic oxidation sites excluding steroid dienone is 1. The van der Waals surface area contributed by atoms with Gasteiger partial charge in [0, 0.05) is 20.0 Å². The Morgan fingerprint density at radius 2 is 1.62 bits per heavy atom. The number of benzene rings is 2. The molecule has 0 unspecified atom stereocenters. The van der Waals surface area contributed by atoms with Crippen molar-refractivity contribution >= 4 is 29.5 Å². The fraction of sp³-hybridized carbons (Fsp3) is 0.387. The molecule has 2 aromatic rings. The number of hydrogen-bond donors (Lipinski definition) is 1. The highest BCUT2D eigenvalue weighted by atomic mass is 16.6. The van der Waals surface area contributed by atoms with Crippen molar-refractivity contribution in [1.82, 2.24) is 4.90 Å². The molecule has 2 aromatic carbocycles. The molecule has 40 heavy (non-hydrogen) atoms. The number of imide groups is 1. The first-order chi connectivity index (χ1) is 19.3. The number of hydrogen-bond acceptors (Lipinski definition) is 8. The van der Waals surface area contributed by atoms with Crippen LogP contribution in [0.25, 0.3) is 0 Å². The molecular weight excluding hydrogens is 514 g/mol. The van der Waals surface area contributed by atoms with Gasteiger partial charge in [-0.05, 0) is 42.5 Å². The second kappa shape index (κ2) is 15.5. The van der Waals surface area contributed by atoms with Crippen molar-refractivity contribution in [2.24, 2.45) is 5.92 Å². The fourth-order valence-electron chi connectivity index (χ4n) is 4.59. The van der Waals surface area contributed by atoms with E-state index in [9.17, 15) is 24.0 Å². The molecule has 1 aliphatic rings. The molecule has 3 rings (SSSR count).